The zero-order chi connectivity index (χ0) is 10.6. The van der Waals surface area contributed by atoms with Gasteiger partial charge in [-0.15, -0.1) is 0 Å². The van der Waals surface area contributed by atoms with Crippen LogP contribution >= 0.6 is 38.3 Å². The van der Waals surface area contributed by atoms with Gasteiger partial charge in [-0.2, -0.15) is 12.6 Å². The highest BCUT2D eigenvalue weighted by molar-refractivity contribution is 7.80. The summed E-state index contributed by atoms with van der Waals surface area (Å²) in [5.41, 5.74) is 0. The molecule has 1 fully saturated rings. The summed E-state index contributed by atoms with van der Waals surface area (Å²) >= 11 is 13.3. The molecule has 0 amide bonds. The Balaban J connectivity index is 2.47. The van der Waals surface area contributed by atoms with Crippen molar-refractivity contribution in [3.05, 3.63) is 0 Å². The number of nitrogens with zero attached hydrogens (tertiary/aromatic N) is 3. The molecule has 0 saturated carbocycles. The van der Waals surface area contributed by atoms with Gasteiger partial charge < -0.3 is 0 Å². The van der Waals surface area contributed by atoms with Crippen LogP contribution in [0.2, 0.25) is 0 Å². The van der Waals surface area contributed by atoms with Crippen molar-refractivity contribution in [3.8, 4) is 0 Å². The first-order chi connectivity index (χ1) is 6.59. The number of thiol groups is 3. The second-order valence-electron chi connectivity index (χ2n) is 3.58. The maximum atomic E-state index is 4.46. The molecule has 1 heterocycles. The minimum absolute atomic E-state index is 0.302. The Kier molecular flexibility index (Phi) is 6.03. The molecule has 1 unspecified atom stereocenters. The van der Waals surface area contributed by atoms with Crippen LogP contribution in [0.5, 0.6) is 0 Å². The van der Waals surface area contributed by atoms with Gasteiger partial charge >= 0.3 is 0 Å². The van der Waals surface area contributed by atoms with Crippen LogP contribution in [0.15, 0.2) is 0 Å². The third-order valence-corrected chi connectivity index (χ3v) is 3.56. The van der Waals surface area contributed by atoms with Crippen LogP contribution in [0, 0.1) is 0 Å². The number of hydrogen-bond acceptors (Lipinski definition) is 6. The smallest absolute Gasteiger partial charge is 0.0500 e. The van der Waals surface area contributed by atoms with E-state index in [-0.39, 0.29) is 0 Å². The van der Waals surface area contributed by atoms with Crippen molar-refractivity contribution in [1.82, 2.24) is 13.5 Å². The van der Waals surface area contributed by atoms with Crippen molar-refractivity contribution in [1.29, 1.82) is 0 Å². The fraction of sp³-hybridized carbons (Fsp3) is 1.00. The molecule has 1 rings (SSSR count). The van der Waals surface area contributed by atoms with E-state index in [4.69, 9.17) is 0 Å². The molecule has 84 valence electrons. The Labute approximate surface area is 103 Å². The molecule has 1 saturated heterocycles. The normalized spacial score (nSPS) is 26.6. The van der Waals surface area contributed by atoms with Crippen LogP contribution in [-0.4, -0.2) is 58.2 Å². The molecular weight excluding hydrogens is 234 g/mol. The molecule has 0 N–H and O–H groups in total. The van der Waals surface area contributed by atoms with E-state index < -0.39 is 0 Å². The van der Waals surface area contributed by atoms with Crippen molar-refractivity contribution in [3.63, 3.8) is 0 Å². The van der Waals surface area contributed by atoms with Gasteiger partial charge in [0.05, 0.1) is 0 Å². The number of rotatable bonds is 1. The predicted molar refractivity (Wildman–Crippen MR) is 71.1 cm³/mol. The van der Waals surface area contributed by atoms with Gasteiger partial charge in [0.15, 0.2) is 0 Å². The standard InChI is InChI=1S/C8H19N3S3/c1-8(12)9-2-4-10(13)6-7-11(14)5-3-9/h8,12-14H,2-7H2,1H3. The lowest BCUT2D eigenvalue weighted by molar-refractivity contribution is 0.255. The molecule has 1 aliphatic heterocycles. The minimum Gasteiger partial charge on any atom is -0.289 e. The molecule has 0 aromatic rings. The van der Waals surface area contributed by atoms with Gasteiger partial charge in [0.25, 0.3) is 0 Å². The van der Waals surface area contributed by atoms with Gasteiger partial charge in [0.2, 0.25) is 0 Å². The van der Waals surface area contributed by atoms with Gasteiger partial charge in [-0.1, -0.05) is 25.6 Å². The predicted octanol–water partition coefficient (Wildman–Crippen LogP) is 0.871. The lowest BCUT2D eigenvalue weighted by atomic mass is 10.4. The first-order valence-electron chi connectivity index (χ1n) is 4.89. The molecule has 0 radical (unpaired) electrons. The van der Waals surface area contributed by atoms with Crippen molar-refractivity contribution in [2.45, 2.75) is 12.3 Å². The van der Waals surface area contributed by atoms with Crippen molar-refractivity contribution in [2.24, 2.45) is 0 Å². The average molecular weight is 253 g/mol. The fourth-order valence-electron chi connectivity index (χ4n) is 1.43. The fourth-order valence-corrected chi connectivity index (χ4v) is 2.02. The monoisotopic (exact) mass is 253 g/mol. The maximum Gasteiger partial charge on any atom is 0.0500 e. The highest BCUT2D eigenvalue weighted by Gasteiger charge is 2.15. The van der Waals surface area contributed by atoms with E-state index >= 15 is 0 Å². The van der Waals surface area contributed by atoms with Gasteiger partial charge in [-0.25, -0.2) is 0 Å². The molecule has 6 heteroatoms. The second-order valence-corrected chi connectivity index (χ2v) is 5.45. The lowest BCUT2D eigenvalue weighted by Gasteiger charge is -2.26. The lowest BCUT2D eigenvalue weighted by Crippen LogP contribution is -2.37. The Morgan fingerprint density at radius 3 is 1.57 bits per heavy atom. The SMILES string of the molecule is CC(S)N1CCN(S)CCN(S)CC1. The Hall–Kier alpha value is 0.930. The Morgan fingerprint density at radius 1 is 0.857 bits per heavy atom. The summed E-state index contributed by atoms with van der Waals surface area (Å²) in [7, 11) is 0. The van der Waals surface area contributed by atoms with E-state index in [1.807, 2.05) is 8.61 Å². The summed E-state index contributed by atoms with van der Waals surface area (Å²) in [6, 6.07) is 0. The van der Waals surface area contributed by atoms with Crippen molar-refractivity contribution >= 4 is 38.3 Å². The van der Waals surface area contributed by atoms with E-state index in [1.165, 1.54) is 0 Å². The molecule has 0 bridgehead atoms. The van der Waals surface area contributed by atoms with Crippen molar-refractivity contribution < 1.29 is 0 Å². The van der Waals surface area contributed by atoms with E-state index in [9.17, 15) is 0 Å². The van der Waals surface area contributed by atoms with Crippen LogP contribution in [0.1, 0.15) is 6.92 Å². The summed E-state index contributed by atoms with van der Waals surface area (Å²) in [5, 5.41) is 0.302. The summed E-state index contributed by atoms with van der Waals surface area (Å²) in [5.74, 6) is 0. The maximum absolute atomic E-state index is 4.46. The van der Waals surface area contributed by atoms with Crippen LogP contribution in [0.4, 0.5) is 0 Å². The van der Waals surface area contributed by atoms with E-state index in [1.54, 1.807) is 0 Å². The molecule has 0 spiro atoms. The van der Waals surface area contributed by atoms with Crippen LogP contribution in [0.3, 0.4) is 0 Å². The van der Waals surface area contributed by atoms with E-state index in [2.05, 4.69) is 50.1 Å². The molecule has 0 aliphatic carbocycles. The zero-order valence-corrected chi connectivity index (χ0v) is 11.2. The Bertz CT molecular complexity index is 154. The topological polar surface area (TPSA) is 9.72 Å². The molecule has 14 heavy (non-hydrogen) atoms. The Morgan fingerprint density at radius 2 is 1.21 bits per heavy atom. The summed E-state index contributed by atoms with van der Waals surface area (Å²) in [6.45, 7) is 8.03. The van der Waals surface area contributed by atoms with E-state index in [0.29, 0.717) is 5.37 Å². The third kappa shape index (κ3) is 4.63. The zero-order valence-electron chi connectivity index (χ0n) is 8.50. The molecule has 0 aromatic carbocycles. The van der Waals surface area contributed by atoms with Gasteiger partial charge in [-0.3, -0.25) is 13.5 Å². The van der Waals surface area contributed by atoms with Gasteiger partial charge in [-0.05, 0) is 6.92 Å². The van der Waals surface area contributed by atoms with Crippen LogP contribution < -0.4 is 0 Å². The largest absolute Gasteiger partial charge is 0.289 e. The molecule has 1 atom stereocenters. The first-order valence-corrected chi connectivity index (χ1v) is 6.21. The highest BCUT2D eigenvalue weighted by atomic mass is 32.1. The summed E-state index contributed by atoms with van der Waals surface area (Å²) < 4.78 is 4.08. The summed E-state index contributed by atoms with van der Waals surface area (Å²) in [4.78, 5) is 2.33. The highest BCUT2D eigenvalue weighted by Crippen LogP contribution is 2.08. The number of hydrogen-bond donors (Lipinski definition) is 3. The van der Waals surface area contributed by atoms with Crippen LogP contribution in [0.25, 0.3) is 0 Å². The molecular formula is C8H19N3S3. The van der Waals surface area contributed by atoms with E-state index in [0.717, 1.165) is 39.3 Å². The molecule has 1 aliphatic rings. The first kappa shape index (κ1) is 13.0. The second kappa shape index (κ2) is 6.50. The molecule has 0 aromatic heterocycles. The third-order valence-electron chi connectivity index (χ3n) is 2.44. The minimum atomic E-state index is 0.302. The van der Waals surface area contributed by atoms with Gasteiger partial charge in [0.1, 0.15) is 0 Å². The van der Waals surface area contributed by atoms with Gasteiger partial charge in [0, 0.05) is 44.6 Å². The van der Waals surface area contributed by atoms with Crippen LogP contribution in [-0.2, 0) is 0 Å². The summed E-state index contributed by atoms with van der Waals surface area (Å²) in [6.07, 6.45) is 0. The quantitative estimate of drug-likeness (QED) is 0.599. The molecule has 3 nitrogen and oxygen atoms in total. The average Bonchev–Trinajstić information content (AvgIpc) is 2.20. The van der Waals surface area contributed by atoms with Crippen molar-refractivity contribution in [2.75, 3.05) is 39.3 Å².